The first-order valence-electron chi connectivity index (χ1n) is 9.76. The van der Waals surface area contributed by atoms with Gasteiger partial charge >= 0.3 is 0 Å². The molecule has 0 amide bonds. The average molecular weight is 411 g/mol. The molecule has 0 aliphatic carbocycles. The molecule has 4 N–H and O–H groups in total. The summed E-state index contributed by atoms with van der Waals surface area (Å²) in [5, 5.41) is 19.3. The van der Waals surface area contributed by atoms with Crippen molar-refractivity contribution < 1.29 is 9.50 Å². The highest BCUT2D eigenvalue weighted by Crippen LogP contribution is 2.23. The van der Waals surface area contributed by atoms with E-state index in [1.165, 1.54) is 12.1 Å². The second kappa shape index (κ2) is 9.93. The molecule has 0 aliphatic heterocycles. The van der Waals surface area contributed by atoms with Crippen LogP contribution in [0.3, 0.4) is 0 Å². The lowest BCUT2D eigenvalue weighted by atomic mass is 10.1. The van der Waals surface area contributed by atoms with Crippen LogP contribution in [0.1, 0.15) is 32.4 Å². The van der Waals surface area contributed by atoms with E-state index in [1.54, 1.807) is 36.8 Å². The zero-order valence-electron chi connectivity index (χ0n) is 17.2. The first-order chi connectivity index (χ1) is 14.4. The summed E-state index contributed by atoms with van der Waals surface area (Å²) in [4.78, 5) is 17.3. The number of aliphatic hydroxyl groups excluding tert-OH is 1. The van der Waals surface area contributed by atoms with Crippen LogP contribution in [0.25, 0.3) is 0 Å². The molecule has 158 valence electrons. The van der Waals surface area contributed by atoms with E-state index in [4.69, 9.17) is 0 Å². The van der Waals surface area contributed by atoms with Crippen LogP contribution in [-0.4, -0.2) is 37.7 Å². The quantitative estimate of drug-likeness (QED) is 0.422. The summed E-state index contributed by atoms with van der Waals surface area (Å²) in [5.74, 6) is 1.91. The molecule has 3 aromatic rings. The Morgan fingerprint density at radius 1 is 0.967 bits per heavy atom. The Morgan fingerprint density at radius 2 is 1.70 bits per heavy atom. The van der Waals surface area contributed by atoms with Crippen molar-refractivity contribution in [2.45, 2.75) is 32.9 Å². The molecule has 2 heterocycles. The van der Waals surface area contributed by atoms with Crippen molar-refractivity contribution in [3.63, 3.8) is 0 Å². The van der Waals surface area contributed by atoms with Gasteiger partial charge in [0.05, 0.1) is 24.9 Å². The largest absolute Gasteiger partial charge is 0.394 e. The lowest BCUT2D eigenvalue weighted by Gasteiger charge is -2.22. The Morgan fingerprint density at radius 3 is 2.33 bits per heavy atom. The maximum absolute atomic E-state index is 13.2. The molecule has 0 aliphatic rings. The van der Waals surface area contributed by atoms with Gasteiger partial charge in [-0.15, -0.1) is 0 Å². The minimum atomic E-state index is -0.285. The van der Waals surface area contributed by atoms with E-state index >= 15 is 0 Å². The number of rotatable bonds is 9. The maximum atomic E-state index is 13.2. The van der Waals surface area contributed by atoms with Crippen molar-refractivity contribution >= 4 is 23.4 Å². The number of aliphatic hydroxyl groups is 1. The van der Waals surface area contributed by atoms with Gasteiger partial charge in [-0.05, 0) is 30.5 Å². The predicted octanol–water partition coefficient (Wildman–Crippen LogP) is 3.75. The van der Waals surface area contributed by atoms with Crippen LogP contribution in [0.4, 0.5) is 27.8 Å². The second-order valence-corrected chi connectivity index (χ2v) is 7.27. The van der Waals surface area contributed by atoms with Gasteiger partial charge in [-0.2, -0.15) is 9.97 Å². The molecule has 9 heteroatoms. The third-order valence-electron chi connectivity index (χ3n) is 4.60. The van der Waals surface area contributed by atoms with Crippen molar-refractivity contribution in [2.75, 3.05) is 22.6 Å². The molecule has 0 spiro atoms. The van der Waals surface area contributed by atoms with Gasteiger partial charge in [0.2, 0.25) is 5.95 Å². The maximum Gasteiger partial charge on any atom is 0.227 e. The summed E-state index contributed by atoms with van der Waals surface area (Å²) in [5.41, 5.74) is 0.900. The SMILES string of the molecule is CC(C)C(CO)Nc1cc(Nc2cnccn2)nc(N[C@@H](C)c2ccc(F)cc2)n1. The van der Waals surface area contributed by atoms with Crippen LogP contribution in [0.5, 0.6) is 0 Å². The molecule has 2 atom stereocenters. The van der Waals surface area contributed by atoms with E-state index in [9.17, 15) is 9.50 Å². The monoisotopic (exact) mass is 411 g/mol. The van der Waals surface area contributed by atoms with Gasteiger partial charge in [0.25, 0.3) is 0 Å². The molecular formula is C21H26FN7O. The molecule has 8 nitrogen and oxygen atoms in total. The van der Waals surface area contributed by atoms with Crippen LogP contribution in [0, 0.1) is 11.7 Å². The second-order valence-electron chi connectivity index (χ2n) is 7.27. The fourth-order valence-electron chi connectivity index (χ4n) is 2.79. The van der Waals surface area contributed by atoms with Crippen LogP contribution >= 0.6 is 0 Å². The van der Waals surface area contributed by atoms with Gasteiger partial charge in [0, 0.05) is 18.5 Å². The number of benzene rings is 1. The Balaban J connectivity index is 1.86. The third-order valence-corrected chi connectivity index (χ3v) is 4.60. The molecule has 0 saturated heterocycles. The number of nitrogens with one attached hydrogen (secondary N) is 3. The Hall–Kier alpha value is -3.33. The van der Waals surface area contributed by atoms with E-state index in [1.807, 2.05) is 20.8 Å². The number of aromatic nitrogens is 4. The zero-order valence-corrected chi connectivity index (χ0v) is 17.2. The summed E-state index contributed by atoms with van der Waals surface area (Å²) in [7, 11) is 0. The molecule has 3 rings (SSSR count). The first kappa shape index (κ1) is 21.4. The highest BCUT2D eigenvalue weighted by atomic mass is 19.1. The minimum Gasteiger partial charge on any atom is -0.394 e. The molecule has 0 radical (unpaired) electrons. The van der Waals surface area contributed by atoms with Gasteiger partial charge in [0.1, 0.15) is 23.3 Å². The summed E-state index contributed by atoms with van der Waals surface area (Å²) in [6, 6.07) is 7.70. The lowest BCUT2D eigenvalue weighted by molar-refractivity contribution is 0.249. The van der Waals surface area contributed by atoms with Crippen molar-refractivity contribution in [3.05, 3.63) is 60.3 Å². The van der Waals surface area contributed by atoms with Crippen molar-refractivity contribution in [3.8, 4) is 0 Å². The van der Waals surface area contributed by atoms with Gasteiger partial charge in [0.15, 0.2) is 0 Å². The van der Waals surface area contributed by atoms with E-state index in [0.29, 0.717) is 23.4 Å². The summed E-state index contributed by atoms with van der Waals surface area (Å²) in [6.45, 7) is 5.95. The average Bonchev–Trinajstić information content (AvgIpc) is 2.73. The van der Waals surface area contributed by atoms with E-state index < -0.39 is 0 Å². The Labute approximate surface area is 175 Å². The number of hydrogen-bond acceptors (Lipinski definition) is 8. The van der Waals surface area contributed by atoms with Gasteiger partial charge in [-0.3, -0.25) is 4.98 Å². The van der Waals surface area contributed by atoms with Crippen LogP contribution in [0.15, 0.2) is 48.9 Å². The zero-order chi connectivity index (χ0) is 21.5. The van der Waals surface area contributed by atoms with Crippen molar-refractivity contribution in [1.82, 2.24) is 19.9 Å². The van der Waals surface area contributed by atoms with E-state index in [-0.39, 0.29) is 30.4 Å². The molecule has 1 unspecified atom stereocenters. The van der Waals surface area contributed by atoms with Gasteiger partial charge in [-0.1, -0.05) is 26.0 Å². The molecule has 0 fully saturated rings. The topological polar surface area (TPSA) is 108 Å². The minimum absolute atomic E-state index is 0.0245. The van der Waals surface area contributed by atoms with Crippen LogP contribution in [-0.2, 0) is 0 Å². The smallest absolute Gasteiger partial charge is 0.227 e. The highest BCUT2D eigenvalue weighted by Gasteiger charge is 2.15. The predicted molar refractivity (Wildman–Crippen MR) is 115 cm³/mol. The van der Waals surface area contributed by atoms with Gasteiger partial charge < -0.3 is 21.1 Å². The van der Waals surface area contributed by atoms with Gasteiger partial charge in [-0.25, -0.2) is 9.37 Å². The Kier molecular flexibility index (Phi) is 7.08. The Bertz CT molecular complexity index is 938. The van der Waals surface area contributed by atoms with Crippen LogP contribution < -0.4 is 16.0 Å². The number of hydrogen-bond donors (Lipinski definition) is 4. The van der Waals surface area contributed by atoms with Crippen molar-refractivity contribution in [1.29, 1.82) is 0 Å². The number of halogens is 1. The van der Waals surface area contributed by atoms with Crippen LogP contribution in [0.2, 0.25) is 0 Å². The van der Waals surface area contributed by atoms with E-state index in [0.717, 1.165) is 5.56 Å². The summed E-state index contributed by atoms with van der Waals surface area (Å²) < 4.78 is 13.2. The molecule has 0 bridgehead atoms. The molecule has 30 heavy (non-hydrogen) atoms. The molecule has 0 saturated carbocycles. The third kappa shape index (κ3) is 5.84. The molecule has 2 aromatic heterocycles. The first-order valence-corrected chi connectivity index (χ1v) is 9.76. The highest BCUT2D eigenvalue weighted by molar-refractivity contribution is 5.58. The molecule has 1 aromatic carbocycles. The fraction of sp³-hybridized carbons (Fsp3) is 0.333. The standard InChI is InChI=1S/C21H26FN7O/c1-13(2)17(12-30)26-18-10-19(27-20-11-23-8-9-24-20)29-21(28-18)25-14(3)15-4-6-16(22)7-5-15/h4-11,13-14,17,30H,12H2,1-3H3,(H3,24,25,26,27,28,29)/t14-,17?/m0/s1. The lowest BCUT2D eigenvalue weighted by Crippen LogP contribution is -2.30. The molecular weight excluding hydrogens is 385 g/mol. The van der Waals surface area contributed by atoms with Crippen molar-refractivity contribution in [2.24, 2.45) is 5.92 Å². The summed E-state index contributed by atoms with van der Waals surface area (Å²) >= 11 is 0. The van der Waals surface area contributed by atoms with E-state index in [2.05, 4.69) is 35.9 Å². The number of nitrogens with zero attached hydrogens (tertiary/aromatic N) is 4. The normalized spacial score (nSPS) is 13.0. The fourth-order valence-corrected chi connectivity index (χ4v) is 2.79. The summed E-state index contributed by atoms with van der Waals surface area (Å²) in [6.07, 6.45) is 4.76. The number of anilines is 4.